The second kappa shape index (κ2) is 63.0. The van der Waals surface area contributed by atoms with Crippen LogP contribution in [0.2, 0.25) is 0 Å². The van der Waals surface area contributed by atoms with Gasteiger partial charge in [-0.1, -0.05) is 286 Å². The van der Waals surface area contributed by atoms with Gasteiger partial charge < -0.3 is 28.5 Å². The molecule has 0 spiro atoms. The normalized spacial score (nSPS) is 13.0. The summed E-state index contributed by atoms with van der Waals surface area (Å²) >= 11 is 0. The van der Waals surface area contributed by atoms with Crippen molar-refractivity contribution in [2.45, 2.75) is 334 Å². The Morgan fingerprint density at radius 3 is 1.01 bits per heavy atom. The van der Waals surface area contributed by atoms with Gasteiger partial charge in [-0.15, -0.1) is 0 Å². The maximum absolute atomic E-state index is 12.9. The predicted molar refractivity (Wildman–Crippen MR) is 346 cm³/mol. The molecular weight excluding hydrogens is 1010 g/mol. The zero-order chi connectivity index (χ0) is 59.1. The van der Waals surface area contributed by atoms with Crippen LogP contribution in [0.1, 0.15) is 322 Å². The zero-order valence-corrected chi connectivity index (χ0v) is 53.9. The van der Waals surface area contributed by atoms with E-state index in [0.29, 0.717) is 23.9 Å². The van der Waals surface area contributed by atoms with Gasteiger partial charge >= 0.3 is 17.9 Å². The third-order valence-corrected chi connectivity index (χ3v) is 15.2. The molecule has 0 aliphatic carbocycles. The summed E-state index contributed by atoms with van der Waals surface area (Å²) in [7, 11) is 5.97. The minimum Gasteiger partial charge on any atom is -0.477 e. The van der Waals surface area contributed by atoms with Crippen LogP contribution >= 0.6 is 0 Å². The molecule has 2 atom stereocenters. The lowest BCUT2D eigenvalue weighted by Gasteiger charge is -2.25. The van der Waals surface area contributed by atoms with Crippen LogP contribution in [0.25, 0.3) is 0 Å². The van der Waals surface area contributed by atoms with Gasteiger partial charge in [-0.3, -0.25) is 9.59 Å². The maximum atomic E-state index is 12.9. The molecule has 0 aromatic rings. The highest BCUT2D eigenvalue weighted by Crippen LogP contribution is 2.18. The van der Waals surface area contributed by atoms with Crippen LogP contribution < -0.4 is 0 Å². The second-order valence-corrected chi connectivity index (χ2v) is 24.5. The number of carbonyl (C=O) groups is 3. The Morgan fingerprint density at radius 1 is 0.370 bits per heavy atom. The van der Waals surface area contributed by atoms with Crippen LogP contribution in [0.4, 0.5) is 0 Å². The van der Waals surface area contributed by atoms with Gasteiger partial charge in [-0.25, -0.2) is 4.79 Å². The molecule has 0 aromatic carbocycles. The summed E-state index contributed by atoms with van der Waals surface area (Å²) in [5, 5.41) is 9.73. The molecule has 1 N–H and O–H groups in total. The first kappa shape index (κ1) is 78.0. The van der Waals surface area contributed by atoms with Crippen LogP contribution in [0, 0.1) is 0 Å². The molecule has 9 heteroatoms. The molecule has 0 aromatic heterocycles. The Morgan fingerprint density at radius 2 is 0.667 bits per heavy atom. The molecule has 0 aliphatic heterocycles. The first-order valence-corrected chi connectivity index (χ1v) is 34.5. The molecule has 0 saturated carbocycles. The fraction of sp³-hybridized carbons (Fsp3) is 0.819. The van der Waals surface area contributed by atoms with E-state index < -0.39 is 24.3 Å². The lowest BCUT2D eigenvalue weighted by Crippen LogP contribution is -2.40. The van der Waals surface area contributed by atoms with Gasteiger partial charge in [0.15, 0.2) is 6.10 Å². The van der Waals surface area contributed by atoms with E-state index in [0.717, 1.165) is 70.6 Å². The van der Waals surface area contributed by atoms with E-state index in [-0.39, 0.29) is 32.2 Å². The number of aliphatic carboxylic acids is 1. The highest BCUT2D eigenvalue weighted by atomic mass is 16.7. The zero-order valence-electron chi connectivity index (χ0n) is 53.9. The van der Waals surface area contributed by atoms with Crippen LogP contribution in [-0.2, 0) is 33.3 Å². The molecule has 81 heavy (non-hydrogen) atoms. The summed E-state index contributed by atoms with van der Waals surface area (Å²) in [6.07, 6.45) is 79.2. The van der Waals surface area contributed by atoms with Gasteiger partial charge in [0.2, 0.25) is 0 Å². The van der Waals surface area contributed by atoms with Crippen molar-refractivity contribution in [2.24, 2.45) is 0 Å². The average molecular weight is 1140 g/mol. The predicted octanol–water partition coefficient (Wildman–Crippen LogP) is 21.1. The van der Waals surface area contributed by atoms with Crippen LogP contribution in [0.3, 0.4) is 0 Å². The molecule has 0 radical (unpaired) electrons. The van der Waals surface area contributed by atoms with E-state index >= 15 is 0 Å². The van der Waals surface area contributed by atoms with Crippen LogP contribution in [0.5, 0.6) is 0 Å². The summed E-state index contributed by atoms with van der Waals surface area (Å²) in [6, 6.07) is 0. The second-order valence-electron chi connectivity index (χ2n) is 24.5. The minimum absolute atomic E-state index is 0.185. The Balaban J connectivity index is 4.00. The Bertz CT molecular complexity index is 1510. The van der Waals surface area contributed by atoms with E-state index in [1.165, 1.54) is 218 Å². The van der Waals surface area contributed by atoms with Crippen molar-refractivity contribution >= 4 is 17.9 Å². The standard InChI is InChI=1S/C72H131NO8/c1-6-8-10-12-14-16-18-20-22-24-26-27-28-29-30-31-32-33-34-35-36-37-38-39-40-41-42-43-45-46-48-50-52-54-56-58-60-62-69(74)79-66-68(67-80-72(71(76)77)78-65-64-73(3,4)5)81-70(75)63-61-59-57-55-53-51-49-47-44-25-23-21-19-17-15-13-11-9-7-2/h15,17-18,20-21,23-24,26,44,47,68,72H,6-14,16,19,22,25,27-43,45-46,48-67H2,1-5H3/p+1/b17-15-,20-18-,23-21-,26-24-,47-44-. The number of likely N-dealkylation sites (N-methyl/N-ethyl adjacent to an activating group) is 1. The minimum atomic E-state index is -1.51. The lowest BCUT2D eigenvalue weighted by atomic mass is 10.0. The number of unbranched alkanes of at least 4 members (excludes halogenated alkanes) is 39. The molecule has 0 heterocycles. The van der Waals surface area contributed by atoms with Crippen molar-refractivity contribution in [1.82, 2.24) is 0 Å². The van der Waals surface area contributed by atoms with Crippen molar-refractivity contribution in [3.8, 4) is 0 Å². The Hall–Kier alpha value is -3.01. The number of carbonyl (C=O) groups excluding carboxylic acids is 2. The highest BCUT2D eigenvalue weighted by molar-refractivity contribution is 5.71. The number of carboxylic acids is 1. The van der Waals surface area contributed by atoms with Crippen molar-refractivity contribution in [3.05, 3.63) is 60.8 Å². The first-order valence-electron chi connectivity index (χ1n) is 34.5. The number of ether oxygens (including phenoxy) is 4. The van der Waals surface area contributed by atoms with Crippen molar-refractivity contribution in [2.75, 3.05) is 47.5 Å². The Labute approximate surface area is 501 Å². The van der Waals surface area contributed by atoms with E-state index in [4.69, 9.17) is 18.9 Å². The van der Waals surface area contributed by atoms with E-state index in [1.807, 2.05) is 21.1 Å². The number of esters is 2. The molecule has 0 amide bonds. The van der Waals surface area contributed by atoms with Crippen LogP contribution in [-0.4, -0.2) is 87.4 Å². The number of nitrogens with zero attached hydrogens (tertiary/aromatic N) is 1. The summed E-state index contributed by atoms with van der Waals surface area (Å²) < 4.78 is 22.9. The number of carboxylic acid groups (broad SMARTS) is 1. The average Bonchev–Trinajstić information content (AvgIpc) is 3.44. The van der Waals surface area contributed by atoms with Gasteiger partial charge in [-0.05, 0) is 83.5 Å². The quantitative estimate of drug-likeness (QED) is 0.0211. The molecule has 2 unspecified atom stereocenters. The summed E-state index contributed by atoms with van der Waals surface area (Å²) in [5.74, 6) is -2.01. The Kier molecular flexibility index (Phi) is 60.7. The summed E-state index contributed by atoms with van der Waals surface area (Å²) in [4.78, 5) is 37.5. The van der Waals surface area contributed by atoms with Crippen molar-refractivity contribution in [3.63, 3.8) is 0 Å². The fourth-order valence-corrected chi connectivity index (χ4v) is 9.94. The summed E-state index contributed by atoms with van der Waals surface area (Å²) in [6.45, 7) is 4.86. The highest BCUT2D eigenvalue weighted by Gasteiger charge is 2.25. The first-order chi connectivity index (χ1) is 39.6. The fourth-order valence-electron chi connectivity index (χ4n) is 9.94. The number of rotatable bonds is 64. The molecule has 9 nitrogen and oxygen atoms in total. The smallest absolute Gasteiger partial charge is 0.361 e. The van der Waals surface area contributed by atoms with E-state index in [2.05, 4.69) is 74.6 Å². The van der Waals surface area contributed by atoms with Gasteiger partial charge in [0.1, 0.15) is 13.2 Å². The van der Waals surface area contributed by atoms with Gasteiger partial charge in [0.05, 0.1) is 34.4 Å². The molecule has 472 valence electrons. The number of hydrogen-bond donors (Lipinski definition) is 1. The van der Waals surface area contributed by atoms with E-state index in [1.54, 1.807) is 0 Å². The SMILES string of the molecule is CCCCC/C=C\C/C=C\C/C=C\CCCCCCCCC(=O)OC(COC(=O)CCCCCCCCCCCCCCCCCCCCCCCCCCC/C=C\C/C=C\CCCCCCC)COC(OCC[N+](C)(C)C)C(=O)O. The van der Waals surface area contributed by atoms with Gasteiger partial charge in [0.25, 0.3) is 6.29 Å². The monoisotopic (exact) mass is 1140 g/mol. The molecule has 0 rings (SSSR count). The van der Waals surface area contributed by atoms with E-state index in [9.17, 15) is 19.5 Å². The molecule has 0 saturated heterocycles. The lowest BCUT2D eigenvalue weighted by molar-refractivity contribution is -0.870. The molecular formula is C72H132NO8+. The summed E-state index contributed by atoms with van der Waals surface area (Å²) in [5.41, 5.74) is 0. The number of allylic oxidation sites excluding steroid dienone is 10. The van der Waals surface area contributed by atoms with Crippen molar-refractivity contribution < 1.29 is 42.9 Å². The maximum Gasteiger partial charge on any atom is 0.361 e. The largest absolute Gasteiger partial charge is 0.477 e. The third kappa shape index (κ3) is 64.4. The number of hydrogen-bond acceptors (Lipinski definition) is 7. The number of quaternary nitrogens is 1. The molecule has 0 aliphatic rings. The van der Waals surface area contributed by atoms with Crippen LogP contribution in [0.15, 0.2) is 60.8 Å². The third-order valence-electron chi connectivity index (χ3n) is 15.2. The molecule has 0 fully saturated rings. The van der Waals surface area contributed by atoms with Crippen molar-refractivity contribution in [1.29, 1.82) is 0 Å². The van der Waals surface area contributed by atoms with Gasteiger partial charge in [0, 0.05) is 12.8 Å². The molecule has 0 bridgehead atoms. The van der Waals surface area contributed by atoms with Gasteiger partial charge in [-0.2, -0.15) is 0 Å². The topological polar surface area (TPSA) is 108 Å².